The van der Waals surface area contributed by atoms with Crippen molar-refractivity contribution in [2.75, 3.05) is 6.54 Å². The fourth-order valence-electron chi connectivity index (χ4n) is 2.84. The Morgan fingerprint density at radius 3 is 2.63 bits per heavy atom. The number of aliphatic imine (C=N–C) groups is 1. The highest BCUT2D eigenvalue weighted by atomic mass is 32.1. The highest BCUT2D eigenvalue weighted by molar-refractivity contribution is 7.20. The molecule has 4 rings (SSSR count). The Bertz CT molecular complexity index is 1120. The Balaban J connectivity index is 1.86. The molecule has 0 aliphatic heterocycles. The summed E-state index contributed by atoms with van der Waals surface area (Å²) < 4.78 is 2.56. The average molecular weight is 376 g/mol. The van der Waals surface area contributed by atoms with Crippen LogP contribution in [-0.2, 0) is 0 Å². The lowest BCUT2D eigenvalue weighted by molar-refractivity contribution is 0.667. The van der Waals surface area contributed by atoms with Crippen molar-refractivity contribution in [3.8, 4) is 16.4 Å². The van der Waals surface area contributed by atoms with E-state index in [4.69, 9.17) is 0 Å². The summed E-state index contributed by atoms with van der Waals surface area (Å²) in [5, 5.41) is 3.87. The van der Waals surface area contributed by atoms with Crippen LogP contribution in [0.25, 0.3) is 26.6 Å². The fourth-order valence-corrected chi connectivity index (χ4v) is 3.77. The Morgan fingerprint density at radius 2 is 1.89 bits per heavy atom. The van der Waals surface area contributed by atoms with Gasteiger partial charge in [0, 0.05) is 18.3 Å². The molecule has 0 atom stereocenters. The number of fused-ring (bicyclic) bond motifs is 1. The summed E-state index contributed by atoms with van der Waals surface area (Å²) in [4.78, 5) is 22.2. The molecular weight excluding hydrogens is 356 g/mol. The van der Waals surface area contributed by atoms with Crippen molar-refractivity contribution >= 4 is 27.8 Å². The van der Waals surface area contributed by atoms with E-state index in [0.29, 0.717) is 23.2 Å². The lowest BCUT2D eigenvalue weighted by Crippen LogP contribution is -2.17. The third kappa shape index (κ3) is 3.48. The lowest BCUT2D eigenvalue weighted by atomic mass is 10.1. The van der Waals surface area contributed by atoms with Gasteiger partial charge in [-0.05, 0) is 18.1 Å². The number of nitrogens with zero attached hydrogens (tertiary/aromatic N) is 3. The van der Waals surface area contributed by atoms with Gasteiger partial charge in [-0.15, -0.1) is 0 Å². The highest BCUT2D eigenvalue weighted by Gasteiger charge is 2.17. The van der Waals surface area contributed by atoms with Crippen LogP contribution in [0, 0.1) is 5.92 Å². The second-order valence-electron chi connectivity index (χ2n) is 6.76. The number of H-pyrrole nitrogens is 1. The number of rotatable bonds is 5. The summed E-state index contributed by atoms with van der Waals surface area (Å²) in [6.07, 6.45) is 1.69. The van der Waals surface area contributed by atoms with Crippen LogP contribution in [0.15, 0.2) is 64.4 Å². The highest BCUT2D eigenvalue weighted by Crippen LogP contribution is 2.25. The van der Waals surface area contributed by atoms with Gasteiger partial charge in [0.2, 0.25) is 5.13 Å². The van der Waals surface area contributed by atoms with E-state index in [2.05, 4.69) is 28.9 Å². The maximum Gasteiger partial charge on any atom is 0.282 e. The predicted molar refractivity (Wildman–Crippen MR) is 112 cm³/mol. The molecule has 27 heavy (non-hydrogen) atoms. The van der Waals surface area contributed by atoms with Crippen molar-refractivity contribution in [1.29, 1.82) is 0 Å². The van der Waals surface area contributed by atoms with Crippen molar-refractivity contribution in [1.82, 2.24) is 14.8 Å². The van der Waals surface area contributed by atoms with Crippen LogP contribution in [-0.4, -0.2) is 27.5 Å². The number of nitrogens with one attached hydrogen (secondary N) is 1. The number of hydrogen-bond donors (Lipinski definition) is 1. The van der Waals surface area contributed by atoms with Crippen LogP contribution in [0.4, 0.5) is 0 Å². The number of aromatic nitrogens is 3. The summed E-state index contributed by atoms with van der Waals surface area (Å²) in [5.74, 6) is 0.437. The molecule has 5 nitrogen and oxygen atoms in total. The minimum Gasteiger partial charge on any atom is -0.292 e. The molecule has 0 radical (unpaired) electrons. The molecule has 0 bridgehead atoms. The third-order valence-corrected chi connectivity index (χ3v) is 5.18. The molecule has 6 heteroatoms. The van der Waals surface area contributed by atoms with Crippen LogP contribution < -0.4 is 5.56 Å². The minimum absolute atomic E-state index is 0.139. The first-order valence-electron chi connectivity index (χ1n) is 8.89. The molecule has 0 spiro atoms. The molecule has 0 fully saturated rings. The second-order valence-corrected chi connectivity index (χ2v) is 7.77. The van der Waals surface area contributed by atoms with E-state index in [1.54, 1.807) is 6.21 Å². The van der Waals surface area contributed by atoms with Crippen LogP contribution in [0.5, 0.6) is 0 Å². The van der Waals surface area contributed by atoms with Crippen LogP contribution >= 0.6 is 11.3 Å². The summed E-state index contributed by atoms with van der Waals surface area (Å²) in [7, 11) is 0. The molecule has 0 amide bonds. The quantitative estimate of drug-likeness (QED) is 0.521. The monoisotopic (exact) mass is 376 g/mol. The fraction of sp³-hybridized carbons (Fsp3) is 0.190. The normalized spacial score (nSPS) is 11.8. The molecule has 0 saturated carbocycles. The minimum atomic E-state index is -0.139. The van der Waals surface area contributed by atoms with Gasteiger partial charge < -0.3 is 0 Å². The van der Waals surface area contributed by atoms with Crippen molar-refractivity contribution in [3.63, 3.8) is 0 Å². The second kappa shape index (κ2) is 7.32. The van der Waals surface area contributed by atoms with Crippen molar-refractivity contribution in [2.24, 2.45) is 10.9 Å². The summed E-state index contributed by atoms with van der Waals surface area (Å²) in [6, 6.07) is 17.7. The molecule has 0 saturated heterocycles. The van der Waals surface area contributed by atoms with Gasteiger partial charge in [0.25, 0.3) is 5.56 Å². The maximum atomic E-state index is 13.1. The molecular formula is C21H20N4OS. The number of benzene rings is 2. The van der Waals surface area contributed by atoms with Crippen molar-refractivity contribution < 1.29 is 0 Å². The molecule has 2 heterocycles. The van der Waals surface area contributed by atoms with Gasteiger partial charge in [0.05, 0.1) is 21.5 Å². The predicted octanol–water partition coefficient (Wildman–Crippen LogP) is 4.52. The van der Waals surface area contributed by atoms with Gasteiger partial charge in [-0.25, -0.2) is 4.98 Å². The zero-order valence-corrected chi connectivity index (χ0v) is 16.0. The third-order valence-electron chi connectivity index (χ3n) is 4.15. The van der Waals surface area contributed by atoms with Crippen molar-refractivity contribution in [3.05, 3.63) is 70.5 Å². The van der Waals surface area contributed by atoms with E-state index in [-0.39, 0.29) is 5.56 Å². The van der Waals surface area contributed by atoms with Gasteiger partial charge >= 0.3 is 0 Å². The Hall–Kier alpha value is -2.99. The van der Waals surface area contributed by atoms with Crippen molar-refractivity contribution in [2.45, 2.75) is 13.8 Å². The number of hydrogen-bond acceptors (Lipinski definition) is 4. The molecule has 0 aliphatic rings. The van der Waals surface area contributed by atoms with Crippen LogP contribution in [0.1, 0.15) is 19.4 Å². The largest absolute Gasteiger partial charge is 0.292 e. The van der Waals surface area contributed by atoms with Gasteiger partial charge in [0.1, 0.15) is 0 Å². The van der Waals surface area contributed by atoms with Crippen LogP contribution in [0.2, 0.25) is 0 Å². The number of para-hydroxylation sites is 1. The Labute approximate surface area is 161 Å². The molecule has 2 aromatic heterocycles. The van der Waals surface area contributed by atoms with Crippen LogP contribution in [0.3, 0.4) is 0 Å². The smallest absolute Gasteiger partial charge is 0.282 e. The lowest BCUT2D eigenvalue weighted by Gasteiger charge is -2.00. The van der Waals surface area contributed by atoms with Gasteiger partial charge in [-0.3, -0.25) is 14.9 Å². The Morgan fingerprint density at radius 1 is 1.15 bits per heavy atom. The van der Waals surface area contributed by atoms with E-state index < -0.39 is 0 Å². The molecule has 0 unspecified atom stereocenters. The van der Waals surface area contributed by atoms with Gasteiger partial charge in [0.15, 0.2) is 0 Å². The first-order valence-corrected chi connectivity index (χ1v) is 9.71. The molecule has 0 aliphatic carbocycles. The first-order chi connectivity index (χ1) is 13.1. The van der Waals surface area contributed by atoms with E-state index >= 15 is 0 Å². The zero-order chi connectivity index (χ0) is 18.8. The zero-order valence-electron chi connectivity index (χ0n) is 15.2. The van der Waals surface area contributed by atoms with E-state index in [9.17, 15) is 4.79 Å². The van der Waals surface area contributed by atoms with E-state index in [1.165, 1.54) is 16.0 Å². The maximum absolute atomic E-state index is 13.1. The Kier molecular flexibility index (Phi) is 4.73. The summed E-state index contributed by atoms with van der Waals surface area (Å²) in [6.45, 7) is 4.89. The standard InChI is InChI=1S/C21H20N4OS/c1-14(2)12-22-13-16-19(15-8-4-3-5-9-15)24-25(20(16)26)21-23-17-10-6-7-11-18(17)27-21/h3-11,13-14,24H,12H2,1-2H3. The molecule has 136 valence electrons. The number of thiazole rings is 1. The number of aromatic amines is 1. The molecule has 1 N–H and O–H groups in total. The first kappa shape index (κ1) is 17.4. The van der Waals surface area contributed by atoms with Gasteiger partial charge in [-0.2, -0.15) is 4.68 Å². The SMILES string of the molecule is CC(C)CN=Cc1c(-c2ccccc2)[nH]n(-c2nc3ccccc3s2)c1=O. The summed E-state index contributed by atoms with van der Waals surface area (Å²) in [5.41, 5.74) is 3.00. The molecule has 4 aromatic rings. The van der Waals surface area contributed by atoms with E-state index in [1.807, 2.05) is 54.6 Å². The topological polar surface area (TPSA) is 63.0 Å². The molecule has 2 aromatic carbocycles. The summed E-state index contributed by atoms with van der Waals surface area (Å²) >= 11 is 1.49. The van der Waals surface area contributed by atoms with E-state index in [0.717, 1.165) is 21.5 Å². The average Bonchev–Trinajstić information content (AvgIpc) is 3.24. The van der Waals surface area contributed by atoms with Gasteiger partial charge in [-0.1, -0.05) is 67.6 Å².